The van der Waals surface area contributed by atoms with Gasteiger partial charge in [-0.15, -0.1) is 0 Å². The van der Waals surface area contributed by atoms with Gasteiger partial charge >= 0.3 is 0 Å². The summed E-state index contributed by atoms with van der Waals surface area (Å²) in [5, 5.41) is 3.07. The fourth-order valence-corrected chi connectivity index (χ4v) is 3.47. The monoisotopic (exact) mass is 398 g/mol. The molecule has 2 fully saturated rings. The molecule has 1 saturated carbocycles. The van der Waals surface area contributed by atoms with Gasteiger partial charge in [0.25, 0.3) is 0 Å². The summed E-state index contributed by atoms with van der Waals surface area (Å²) < 4.78 is 25.2. The van der Waals surface area contributed by atoms with Gasteiger partial charge in [0.05, 0.1) is 25.7 Å². The largest absolute Gasteiger partial charge is 0.494 e. The van der Waals surface area contributed by atoms with E-state index in [2.05, 4.69) is 22.3 Å². The van der Waals surface area contributed by atoms with E-state index in [1.165, 1.54) is 6.07 Å². The van der Waals surface area contributed by atoms with E-state index in [1.54, 1.807) is 12.1 Å². The Bertz CT molecular complexity index is 861. The second-order valence-corrected chi connectivity index (χ2v) is 7.77. The number of nitrogens with one attached hydrogen (secondary N) is 1. The Kier molecular flexibility index (Phi) is 5.60. The highest BCUT2D eigenvalue weighted by molar-refractivity contribution is 5.81. The Morgan fingerprint density at radius 3 is 2.55 bits per heavy atom. The summed E-state index contributed by atoms with van der Waals surface area (Å²) in [6.45, 7) is 5.79. The average Bonchev–Trinajstić information content (AvgIpc) is 3.51. The van der Waals surface area contributed by atoms with Crippen LogP contribution in [0.2, 0.25) is 0 Å². The molecule has 1 N–H and O–H groups in total. The van der Waals surface area contributed by atoms with Gasteiger partial charge in [-0.3, -0.25) is 4.79 Å². The molecule has 6 heteroatoms. The van der Waals surface area contributed by atoms with Gasteiger partial charge in [-0.25, -0.2) is 4.39 Å². The second kappa shape index (κ2) is 8.31. The highest BCUT2D eigenvalue weighted by Crippen LogP contribution is 2.31. The summed E-state index contributed by atoms with van der Waals surface area (Å²) in [6, 6.07) is 12.9. The van der Waals surface area contributed by atoms with Crippen molar-refractivity contribution in [3.63, 3.8) is 0 Å². The van der Waals surface area contributed by atoms with Crippen LogP contribution in [-0.2, 0) is 4.79 Å². The first-order valence-corrected chi connectivity index (χ1v) is 10.3. The van der Waals surface area contributed by atoms with Crippen LogP contribution in [0.15, 0.2) is 42.5 Å². The molecule has 0 aromatic heterocycles. The standard InChI is InChI=1S/C23H27FN2O3/c1-3-28-19-10-11-22(21(24)12-19)29-20-13-26(14-20)18-8-6-16(7-9-18)15(2)25-23(27)17-4-5-17/h6-12,15,17,20H,3-5,13-14H2,1-2H3,(H,25,27). The lowest BCUT2D eigenvalue weighted by molar-refractivity contribution is -0.122. The summed E-state index contributed by atoms with van der Waals surface area (Å²) in [7, 11) is 0. The van der Waals surface area contributed by atoms with Gasteiger partial charge in [-0.1, -0.05) is 12.1 Å². The molecule has 2 aromatic rings. The molecule has 0 bridgehead atoms. The van der Waals surface area contributed by atoms with Gasteiger partial charge in [-0.2, -0.15) is 0 Å². The quantitative estimate of drug-likeness (QED) is 0.728. The zero-order valence-electron chi connectivity index (χ0n) is 16.9. The van der Waals surface area contributed by atoms with Crippen LogP contribution in [0.5, 0.6) is 11.5 Å². The van der Waals surface area contributed by atoms with Crippen molar-refractivity contribution < 1.29 is 18.7 Å². The molecule has 154 valence electrons. The molecule has 4 rings (SSSR count). The molecule has 1 heterocycles. The SMILES string of the molecule is CCOc1ccc(OC2CN(c3ccc(C(C)NC(=O)C4CC4)cc3)C2)c(F)c1. The van der Waals surface area contributed by atoms with Crippen molar-refractivity contribution in [1.82, 2.24) is 5.32 Å². The second-order valence-electron chi connectivity index (χ2n) is 7.77. The van der Waals surface area contributed by atoms with Crippen LogP contribution in [0.3, 0.4) is 0 Å². The number of carbonyl (C=O) groups excluding carboxylic acids is 1. The molecular formula is C23H27FN2O3. The Labute approximate surface area is 170 Å². The lowest BCUT2D eigenvalue weighted by atomic mass is 10.1. The summed E-state index contributed by atoms with van der Waals surface area (Å²) in [5.74, 6) is 0.741. The van der Waals surface area contributed by atoms with Crippen LogP contribution in [0.1, 0.15) is 38.3 Å². The number of rotatable bonds is 8. The van der Waals surface area contributed by atoms with Crippen LogP contribution in [0.4, 0.5) is 10.1 Å². The first-order valence-electron chi connectivity index (χ1n) is 10.3. The van der Waals surface area contributed by atoms with Crippen LogP contribution < -0.4 is 19.7 Å². The van der Waals surface area contributed by atoms with E-state index in [0.717, 1.165) is 24.1 Å². The van der Waals surface area contributed by atoms with Gasteiger partial charge in [0.2, 0.25) is 5.91 Å². The average molecular weight is 398 g/mol. The maximum atomic E-state index is 14.1. The van der Waals surface area contributed by atoms with Crippen molar-refractivity contribution in [2.75, 3.05) is 24.6 Å². The van der Waals surface area contributed by atoms with E-state index in [-0.39, 0.29) is 29.7 Å². The number of amides is 1. The Morgan fingerprint density at radius 2 is 1.93 bits per heavy atom. The summed E-state index contributed by atoms with van der Waals surface area (Å²) in [4.78, 5) is 14.1. The zero-order valence-corrected chi connectivity index (χ0v) is 16.9. The molecule has 1 aliphatic carbocycles. The van der Waals surface area contributed by atoms with Crippen molar-refractivity contribution in [2.45, 2.75) is 38.8 Å². The molecule has 2 aromatic carbocycles. The van der Waals surface area contributed by atoms with Crippen molar-refractivity contribution in [3.05, 3.63) is 53.8 Å². The predicted molar refractivity (Wildman–Crippen MR) is 110 cm³/mol. The third kappa shape index (κ3) is 4.63. The van der Waals surface area contributed by atoms with Gasteiger partial charge in [0, 0.05) is 17.7 Å². The molecule has 1 unspecified atom stereocenters. The molecule has 1 amide bonds. The Balaban J connectivity index is 1.28. The van der Waals surface area contributed by atoms with Gasteiger partial charge < -0.3 is 19.7 Å². The molecule has 29 heavy (non-hydrogen) atoms. The van der Waals surface area contributed by atoms with Gasteiger partial charge in [0.15, 0.2) is 11.6 Å². The topological polar surface area (TPSA) is 50.8 Å². The molecule has 1 atom stereocenters. The number of halogens is 1. The third-order valence-corrected chi connectivity index (χ3v) is 5.42. The van der Waals surface area contributed by atoms with Crippen LogP contribution in [0, 0.1) is 11.7 Å². The fraction of sp³-hybridized carbons (Fsp3) is 0.435. The molecule has 0 radical (unpaired) electrons. The fourth-order valence-electron chi connectivity index (χ4n) is 3.47. The minimum absolute atomic E-state index is 0.00672. The van der Waals surface area contributed by atoms with Gasteiger partial charge in [0.1, 0.15) is 11.9 Å². The lowest BCUT2D eigenvalue weighted by Crippen LogP contribution is -2.54. The highest BCUT2D eigenvalue weighted by Gasteiger charge is 2.31. The smallest absolute Gasteiger partial charge is 0.223 e. The van der Waals surface area contributed by atoms with E-state index in [4.69, 9.17) is 9.47 Å². The maximum absolute atomic E-state index is 14.1. The summed E-state index contributed by atoms with van der Waals surface area (Å²) in [6.07, 6.45) is 1.98. The Morgan fingerprint density at radius 1 is 1.21 bits per heavy atom. The molecule has 1 saturated heterocycles. The first kappa shape index (κ1) is 19.6. The number of anilines is 1. The molecule has 5 nitrogen and oxygen atoms in total. The molecular weight excluding hydrogens is 371 g/mol. The lowest BCUT2D eigenvalue weighted by Gasteiger charge is -2.40. The predicted octanol–water partition coefficient (Wildman–Crippen LogP) is 4.08. The number of hydrogen-bond donors (Lipinski definition) is 1. The van der Waals surface area contributed by atoms with E-state index in [0.29, 0.717) is 25.4 Å². The van der Waals surface area contributed by atoms with Crippen molar-refractivity contribution in [1.29, 1.82) is 0 Å². The Hall–Kier alpha value is -2.76. The third-order valence-electron chi connectivity index (χ3n) is 5.42. The summed E-state index contributed by atoms with van der Waals surface area (Å²) in [5.41, 5.74) is 2.19. The number of nitrogens with zero attached hydrogens (tertiary/aromatic N) is 1. The maximum Gasteiger partial charge on any atom is 0.223 e. The number of carbonyl (C=O) groups is 1. The van der Waals surface area contributed by atoms with Gasteiger partial charge in [-0.05, 0) is 56.5 Å². The minimum atomic E-state index is -0.402. The van der Waals surface area contributed by atoms with E-state index < -0.39 is 5.82 Å². The van der Waals surface area contributed by atoms with Crippen molar-refractivity contribution in [3.8, 4) is 11.5 Å². The number of benzene rings is 2. The van der Waals surface area contributed by atoms with Crippen molar-refractivity contribution in [2.24, 2.45) is 5.92 Å². The van der Waals surface area contributed by atoms with Crippen LogP contribution in [0.25, 0.3) is 0 Å². The van der Waals surface area contributed by atoms with Crippen LogP contribution >= 0.6 is 0 Å². The number of ether oxygens (including phenoxy) is 2. The normalized spacial score (nSPS) is 17.4. The van der Waals surface area contributed by atoms with E-state index >= 15 is 0 Å². The molecule has 0 spiro atoms. The summed E-state index contributed by atoms with van der Waals surface area (Å²) >= 11 is 0. The molecule has 2 aliphatic rings. The zero-order chi connectivity index (χ0) is 20.4. The van der Waals surface area contributed by atoms with Crippen molar-refractivity contribution >= 4 is 11.6 Å². The first-order chi connectivity index (χ1) is 14.0. The molecule has 1 aliphatic heterocycles. The van der Waals surface area contributed by atoms with Crippen LogP contribution in [-0.4, -0.2) is 31.7 Å². The number of hydrogen-bond acceptors (Lipinski definition) is 4. The van der Waals surface area contributed by atoms with E-state index in [1.807, 2.05) is 26.0 Å². The minimum Gasteiger partial charge on any atom is -0.494 e. The van der Waals surface area contributed by atoms with E-state index in [9.17, 15) is 9.18 Å². The highest BCUT2D eigenvalue weighted by atomic mass is 19.1.